The molecule has 0 aromatic carbocycles. The fourth-order valence-electron chi connectivity index (χ4n) is 4.62. The molecule has 6 nitrogen and oxygen atoms in total. The summed E-state index contributed by atoms with van der Waals surface area (Å²) >= 11 is 0. The highest BCUT2D eigenvalue weighted by molar-refractivity contribution is 5.79. The van der Waals surface area contributed by atoms with Crippen LogP contribution in [-0.2, 0) is 11.2 Å². The Morgan fingerprint density at radius 2 is 2.00 bits per heavy atom. The highest BCUT2D eigenvalue weighted by Gasteiger charge is 2.34. The molecule has 1 saturated carbocycles. The Labute approximate surface area is 162 Å². The van der Waals surface area contributed by atoms with Crippen molar-refractivity contribution in [1.29, 1.82) is 0 Å². The Morgan fingerprint density at radius 1 is 1.19 bits per heavy atom. The van der Waals surface area contributed by atoms with Gasteiger partial charge in [0.2, 0.25) is 5.91 Å². The van der Waals surface area contributed by atoms with E-state index < -0.39 is 0 Å². The number of aromatic nitrogens is 2. The molecular weight excluding hydrogens is 338 g/mol. The number of nitrogens with one attached hydrogen (secondary N) is 1. The Kier molecular flexibility index (Phi) is 5.91. The standard InChI is InChI=1S/C21H33N5O/c1-2-4-16-13-22-15-23-20(16)25-11-8-19(9-12-25)26-10-3-5-17(14-26)21(27)24-18-6-7-18/h13,15,17-19H,2-12,14H2,1H3,(H,24,27)/t17-/m1/s1. The number of hydrogen-bond donors (Lipinski definition) is 1. The van der Waals surface area contributed by atoms with Crippen molar-refractivity contribution in [3.05, 3.63) is 18.1 Å². The maximum Gasteiger partial charge on any atom is 0.224 e. The van der Waals surface area contributed by atoms with Crippen molar-refractivity contribution >= 4 is 11.7 Å². The number of piperidine rings is 2. The molecule has 148 valence electrons. The minimum Gasteiger partial charge on any atom is -0.356 e. The molecule has 1 amide bonds. The van der Waals surface area contributed by atoms with E-state index in [4.69, 9.17) is 0 Å². The maximum atomic E-state index is 12.5. The topological polar surface area (TPSA) is 61.4 Å². The lowest BCUT2D eigenvalue weighted by Crippen LogP contribution is -2.51. The summed E-state index contributed by atoms with van der Waals surface area (Å²) in [7, 11) is 0. The van der Waals surface area contributed by atoms with E-state index in [0.29, 0.717) is 18.0 Å². The third-order valence-electron chi connectivity index (χ3n) is 6.31. The molecule has 0 spiro atoms. The Morgan fingerprint density at radius 3 is 2.74 bits per heavy atom. The number of amides is 1. The fourth-order valence-corrected chi connectivity index (χ4v) is 4.62. The van der Waals surface area contributed by atoms with Gasteiger partial charge in [-0.1, -0.05) is 13.3 Å². The van der Waals surface area contributed by atoms with Crippen molar-refractivity contribution in [3.8, 4) is 0 Å². The van der Waals surface area contributed by atoms with E-state index in [1.165, 1.54) is 18.4 Å². The van der Waals surface area contributed by atoms with Crippen LogP contribution in [0.4, 0.5) is 5.82 Å². The second-order valence-electron chi connectivity index (χ2n) is 8.46. The summed E-state index contributed by atoms with van der Waals surface area (Å²) in [4.78, 5) is 26.3. The number of rotatable bonds is 6. The summed E-state index contributed by atoms with van der Waals surface area (Å²) in [6, 6.07) is 1.08. The smallest absolute Gasteiger partial charge is 0.224 e. The van der Waals surface area contributed by atoms with E-state index >= 15 is 0 Å². The lowest BCUT2D eigenvalue weighted by Gasteiger charge is -2.42. The highest BCUT2D eigenvalue weighted by atomic mass is 16.2. The van der Waals surface area contributed by atoms with Gasteiger partial charge < -0.3 is 10.2 Å². The van der Waals surface area contributed by atoms with Crippen molar-refractivity contribution in [2.45, 2.75) is 70.4 Å². The predicted octanol–water partition coefficient (Wildman–Crippen LogP) is 2.39. The predicted molar refractivity (Wildman–Crippen MR) is 107 cm³/mol. The molecule has 1 aliphatic carbocycles. The van der Waals surface area contributed by atoms with E-state index in [1.807, 2.05) is 6.20 Å². The van der Waals surface area contributed by atoms with E-state index in [1.54, 1.807) is 6.33 Å². The van der Waals surface area contributed by atoms with Crippen LogP contribution >= 0.6 is 0 Å². The number of aryl methyl sites for hydroxylation is 1. The summed E-state index contributed by atoms with van der Waals surface area (Å²) < 4.78 is 0. The molecule has 3 fully saturated rings. The monoisotopic (exact) mass is 371 g/mol. The van der Waals surface area contributed by atoms with Gasteiger partial charge in [-0.2, -0.15) is 0 Å². The van der Waals surface area contributed by atoms with Gasteiger partial charge in [0.15, 0.2) is 0 Å². The number of likely N-dealkylation sites (tertiary alicyclic amines) is 1. The second kappa shape index (κ2) is 8.55. The molecule has 0 radical (unpaired) electrons. The molecule has 1 N–H and O–H groups in total. The first-order chi connectivity index (χ1) is 13.2. The minimum atomic E-state index is 0.190. The summed E-state index contributed by atoms with van der Waals surface area (Å²) in [5.41, 5.74) is 1.27. The van der Waals surface area contributed by atoms with Crippen LogP contribution in [0.2, 0.25) is 0 Å². The number of anilines is 1. The zero-order valence-corrected chi connectivity index (χ0v) is 16.6. The van der Waals surface area contributed by atoms with Gasteiger partial charge >= 0.3 is 0 Å². The van der Waals surface area contributed by atoms with E-state index in [0.717, 1.165) is 70.5 Å². The SMILES string of the molecule is CCCc1cncnc1N1CCC(N2CCC[C@@H](C(=O)NC3CC3)C2)CC1. The number of carbonyl (C=O) groups excluding carboxylic acids is 1. The molecule has 4 rings (SSSR count). The molecule has 2 saturated heterocycles. The first-order valence-corrected chi connectivity index (χ1v) is 10.8. The maximum absolute atomic E-state index is 12.5. The van der Waals surface area contributed by atoms with Gasteiger partial charge in [0.1, 0.15) is 12.1 Å². The Balaban J connectivity index is 1.31. The van der Waals surface area contributed by atoms with Crippen molar-refractivity contribution in [1.82, 2.24) is 20.2 Å². The highest BCUT2D eigenvalue weighted by Crippen LogP contribution is 2.28. The van der Waals surface area contributed by atoms with Crippen LogP contribution in [-0.4, -0.2) is 59.0 Å². The summed E-state index contributed by atoms with van der Waals surface area (Å²) in [5.74, 6) is 1.62. The average molecular weight is 372 g/mol. The number of carbonyl (C=O) groups is 1. The lowest BCUT2D eigenvalue weighted by molar-refractivity contribution is -0.127. The molecule has 2 aliphatic heterocycles. The average Bonchev–Trinajstić information content (AvgIpc) is 3.53. The van der Waals surface area contributed by atoms with Gasteiger partial charge in [0.25, 0.3) is 0 Å². The Hall–Kier alpha value is -1.69. The summed E-state index contributed by atoms with van der Waals surface area (Å²) in [6.07, 6.45) is 12.7. The van der Waals surface area contributed by atoms with Crippen molar-refractivity contribution in [3.63, 3.8) is 0 Å². The zero-order chi connectivity index (χ0) is 18.6. The van der Waals surface area contributed by atoms with Gasteiger partial charge in [-0.15, -0.1) is 0 Å². The molecule has 0 unspecified atom stereocenters. The molecule has 6 heteroatoms. The molecule has 1 atom stereocenters. The molecule has 1 aromatic rings. The number of nitrogens with zero attached hydrogens (tertiary/aromatic N) is 4. The summed E-state index contributed by atoms with van der Waals surface area (Å²) in [5, 5.41) is 3.21. The molecular formula is C21H33N5O. The van der Waals surface area contributed by atoms with Crippen molar-refractivity contribution in [2.75, 3.05) is 31.1 Å². The van der Waals surface area contributed by atoms with Crippen LogP contribution in [0.1, 0.15) is 57.4 Å². The Bertz CT molecular complexity index is 639. The minimum absolute atomic E-state index is 0.190. The van der Waals surface area contributed by atoms with Crippen LogP contribution in [0.25, 0.3) is 0 Å². The normalized spacial score (nSPS) is 24.8. The van der Waals surface area contributed by atoms with Crippen LogP contribution in [0.5, 0.6) is 0 Å². The van der Waals surface area contributed by atoms with Gasteiger partial charge in [-0.3, -0.25) is 9.69 Å². The summed E-state index contributed by atoms with van der Waals surface area (Å²) in [6.45, 7) is 6.39. The van der Waals surface area contributed by atoms with E-state index in [9.17, 15) is 4.79 Å². The number of hydrogen-bond acceptors (Lipinski definition) is 5. The first-order valence-electron chi connectivity index (χ1n) is 10.8. The van der Waals surface area contributed by atoms with Crippen molar-refractivity contribution in [2.24, 2.45) is 5.92 Å². The molecule has 3 heterocycles. The van der Waals surface area contributed by atoms with Crippen molar-refractivity contribution < 1.29 is 4.79 Å². The van der Waals surface area contributed by atoms with Gasteiger partial charge in [-0.25, -0.2) is 9.97 Å². The van der Waals surface area contributed by atoms with Gasteiger partial charge in [0, 0.05) is 43.5 Å². The van der Waals surface area contributed by atoms with Crippen LogP contribution in [0.3, 0.4) is 0 Å². The second-order valence-corrected chi connectivity index (χ2v) is 8.46. The molecule has 3 aliphatic rings. The molecule has 27 heavy (non-hydrogen) atoms. The van der Waals surface area contributed by atoms with Crippen LogP contribution in [0.15, 0.2) is 12.5 Å². The lowest BCUT2D eigenvalue weighted by atomic mass is 9.93. The van der Waals surface area contributed by atoms with E-state index in [-0.39, 0.29) is 5.92 Å². The zero-order valence-electron chi connectivity index (χ0n) is 16.6. The third kappa shape index (κ3) is 4.60. The third-order valence-corrected chi connectivity index (χ3v) is 6.31. The fraction of sp³-hybridized carbons (Fsp3) is 0.762. The van der Waals surface area contributed by atoms with Gasteiger partial charge in [0.05, 0.1) is 5.92 Å². The first kappa shape index (κ1) is 18.7. The van der Waals surface area contributed by atoms with Gasteiger partial charge in [-0.05, 0) is 51.5 Å². The van der Waals surface area contributed by atoms with Crippen LogP contribution < -0.4 is 10.2 Å². The van der Waals surface area contributed by atoms with Crippen LogP contribution in [0, 0.1) is 5.92 Å². The van der Waals surface area contributed by atoms with E-state index in [2.05, 4.69) is 32.0 Å². The quantitative estimate of drug-likeness (QED) is 0.832. The molecule has 0 bridgehead atoms. The largest absolute Gasteiger partial charge is 0.356 e. The molecule has 1 aromatic heterocycles.